The number of hydrogen-bond donors (Lipinski definition) is 0. The highest BCUT2D eigenvalue weighted by Crippen LogP contribution is 2.40. The summed E-state index contributed by atoms with van der Waals surface area (Å²) in [4.78, 5) is 17.8. The molecule has 1 aliphatic rings. The maximum atomic E-state index is 12.1. The summed E-state index contributed by atoms with van der Waals surface area (Å²) in [6, 6.07) is 18.3. The molecule has 4 atom stereocenters. The quantitative estimate of drug-likeness (QED) is 0.175. The van der Waals surface area contributed by atoms with Crippen molar-refractivity contribution >= 4 is 38.0 Å². The fourth-order valence-electron chi connectivity index (χ4n) is 3.89. The molecular formula is C27H35Br2NO5. The van der Waals surface area contributed by atoms with Crippen LogP contribution >= 0.6 is 31.9 Å². The van der Waals surface area contributed by atoms with E-state index in [2.05, 4.69) is 56.1 Å². The maximum Gasteiger partial charge on any atom is 0.528 e. The second-order valence-corrected chi connectivity index (χ2v) is 11.9. The fourth-order valence-corrected chi connectivity index (χ4v) is 6.16. The molecule has 8 heteroatoms. The zero-order valence-corrected chi connectivity index (χ0v) is 24.0. The van der Waals surface area contributed by atoms with Crippen molar-refractivity contribution in [3.05, 3.63) is 65.7 Å². The average molecular weight is 613 g/mol. The first-order chi connectivity index (χ1) is 16.6. The molecule has 3 rings (SSSR count). The third-order valence-corrected chi connectivity index (χ3v) is 7.86. The molecule has 0 N–H and O–H groups in total. The van der Waals surface area contributed by atoms with Crippen molar-refractivity contribution in [1.82, 2.24) is 5.06 Å². The Morgan fingerprint density at radius 2 is 1.71 bits per heavy atom. The van der Waals surface area contributed by atoms with Crippen LogP contribution in [0.15, 0.2) is 54.6 Å². The van der Waals surface area contributed by atoms with Gasteiger partial charge < -0.3 is 19.0 Å². The summed E-state index contributed by atoms with van der Waals surface area (Å²) in [5.74, 6) is 1.04. The topological polar surface area (TPSA) is 57.2 Å². The summed E-state index contributed by atoms with van der Waals surface area (Å²) < 4.78 is 16.9. The molecule has 192 valence electrons. The zero-order chi connectivity index (χ0) is 25.4. The molecule has 1 heterocycles. The summed E-state index contributed by atoms with van der Waals surface area (Å²) in [5, 5.41) is 1.68. The summed E-state index contributed by atoms with van der Waals surface area (Å²) in [6.07, 6.45) is 0.143. The van der Waals surface area contributed by atoms with Crippen LogP contribution in [-0.4, -0.2) is 52.3 Å². The van der Waals surface area contributed by atoms with Gasteiger partial charge in [0.05, 0.1) is 25.9 Å². The van der Waals surface area contributed by atoms with Crippen molar-refractivity contribution in [2.75, 3.05) is 19.8 Å². The van der Waals surface area contributed by atoms with Gasteiger partial charge in [-0.15, -0.1) is 5.06 Å². The molecule has 0 amide bonds. The third kappa shape index (κ3) is 8.77. The van der Waals surface area contributed by atoms with Crippen LogP contribution in [0.2, 0.25) is 0 Å². The number of hydrogen-bond acceptors (Lipinski definition) is 6. The van der Waals surface area contributed by atoms with Gasteiger partial charge in [-0.25, -0.2) is 4.79 Å². The van der Waals surface area contributed by atoms with Gasteiger partial charge in [-0.05, 0) is 51.0 Å². The molecule has 1 aliphatic heterocycles. The molecular weight excluding hydrogens is 578 g/mol. The Balaban J connectivity index is 1.45. The summed E-state index contributed by atoms with van der Waals surface area (Å²) in [6.45, 7) is 9.92. The first kappa shape index (κ1) is 28.0. The van der Waals surface area contributed by atoms with Crippen molar-refractivity contribution in [2.24, 2.45) is 0 Å². The van der Waals surface area contributed by atoms with E-state index < -0.39 is 11.8 Å². The molecule has 1 fully saturated rings. The molecule has 0 bridgehead atoms. The lowest BCUT2D eigenvalue weighted by atomic mass is 9.86. The van der Waals surface area contributed by atoms with E-state index in [9.17, 15) is 4.79 Å². The number of benzene rings is 2. The van der Waals surface area contributed by atoms with Crippen LogP contribution in [0.1, 0.15) is 51.2 Å². The van der Waals surface area contributed by atoms with Gasteiger partial charge in [-0.2, -0.15) is 0 Å². The molecule has 35 heavy (non-hydrogen) atoms. The highest BCUT2D eigenvalue weighted by Gasteiger charge is 2.42. The lowest BCUT2D eigenvalue weighted by Crippen LogP contribution is -2.53. The predicted octanol–water partition coefficient (Wildman–Crippen LogP) is 6.85. The van der Waals surface area contributed by atoms with E-state index in [1.54, 1.807) is 5.06 Å². The van der Waals surface area contributed by atoms with Crippen molar-refractivity contribution in [2.45, 2.75) is 67.9 Å². The highest BCUT2D eigenvalue weighted by atomic mass is 79.9. The molecule has 6 nitrogen and oxygen atoms in total. The summed E-state index contributed by atoms with van der Waals surface area (Å²) >= 11 is 7.64. The van der Waals surface area contributed by atoms with E-state index in [1.165, 1.54) is 11.1 Å². The van der Waals surface area contributed by atoms with Crippen molar-refractivity contribution in [3.63, 3.8) is 0 Å². The van der Waals surface area contributed by atoms with Gasteiger partial charge in [0.1, 0.15) is 11.4 Å². The van der Waals surface area contributed by atoms with Crippen LogP contribution < -0.4 is 4.74 Å². The lowest BCUT2D eigenvalue weighted by Gasteiger charge is -2.43. The normalized spacial score (nSPS) is 23.0. The number of rotatable bonds is 9. The molecule has 0 aromatic heterocycles. The number of piperidine rings is 1. The Morgan fingerprint density at radius 1 is 1.03 bits per heavy atom. The Labute approximate surface area is 225 Å². The van der Waals surface area contributed by atoms with Crippen LogP contribution in [0.5, 0.6) is 5.75 Å². The van der Waals surface area contributed by atoms with Crippen molar-refractivity contribution in [1.29, 1.82) is 0 Å². The van der Waals surface area contributed by atoms with E-state index in [1.807, 2.05) is 58.0 Å². The molecule has 1 saturated heterocycles. The van der Waals surface area contributed by atoms with Crippen molar-refractivity contribution < 1.29 is 23.8 Å². The average Bonchev–Trinajstić information content (AvgIpc) is 2.80. The number of carbonyl (C=O) groups excluding carboxylic acids is 1. The number of nitrogens with zero attached hydrogens (tertiary/aromatic N) is 1. The van der Waals surface area contributed by atoms with E-state index in [-0.39, 0.29) is 21.6 Å². The van der Waals surface area contributed by atoms with E-state index >= 15 is 0 Å². The first-order valence-electron chi connectivity index (χ1n) is 11.9. The SMILES string of the molecule is CC1[C@H](Br)[C@@H](c2ccc(OCCCOCc3ccccc3)cc2)[C@H](Br)CN1OC(=O)OC(C)(C)C. The minimum atomic E-state index is -0.686. The largest absolute Gasteiger partial charge is 0.528 e. The Bertz CT molecular complexity index is 919. The number of alkyl halides is 2. The first-order valence-corrected chi connectivity index (χ1v) is 13.8. The van der Waals surface area contributed by atoms with Gasteiger partial charge in [-0.3, -0.25) is 0 Å². The second kappa shape index (κ2) is 13.1. The van der Waals surface area contributed by atoms with Crippen LogP contribution in [-0.2, 0) is 20.9 Å². The van der Waals surface area contributed by atoms with E-state index in [0.29, 0.717) is 26.4 Å². The summed E-state index contributed by atoms with van der Waals surface area (Å²) in [7, 11) is 0. The van der Waals surface area contributed by atoms with Gasteiger partial charge in [0, 0.05) is 28.5 Å². The second-order valence-electron chi connectivity index (χ2n) is 9.69. The summed E-state index contributed by atoms with van der Waals surface area (Å²) in [5.41, 5.74) is 1.77. The molecule has 0 radical (unpaired) electrons. The van der Waals surface area contributed by atoms with E-state index in [0.717, 1.165) is 12.2 Å². The molecule has 1 unspecified atom stereocenters. The van der Waals surface area contributed by atoms with Crippen LogP contribution in [0.3, 0.4) is 0 Å². The van der Waals surface area contributed by atoms with Gasteiger partial charge in [0.2, 0.25) is 0 Å². The Morgan fingerprint density at radius 3 is 2.37 bits per heavy atom. The Kier molecular flexibility index (Phi) is 10.5. The highest BCUT2D eigenvalue weighted by molar-refractivity contribution is 9.10. The fraction of sp³-hybridized carbons (Fsp3) is 0.519. The van der Waals surface area contributed by atoms with Gasteiger partial charge in [0.25, 0.3) is 0 Å². The molecule has 2 aromatic carbocycles. The monoisotopic (exact) mass is 611 g/mol. The van der Waals surface area contributed by atoms with Crippen molar-refractivity contribution in [3.8, 4) is 5.75 Å². The van der Waals surface area contributed by atoms with Crippen LogP contribution in [0.4, 0.5) is 4.79 Å². The lowest BCUT2D eigenvalue weighted by molar-refractivity contribution is -0.171. The zero-order valence-electron chi connectivity index (χ0n) is 20.8. The third-order valence-electron chi connectivity index (χ3n) is 5.66. The van der Waals surface area contributed by atoms with Crippen LogP contribution in [0, 0.1) is 0 Å². The smallest absolute Gasteiger partial charge is 0.494 e. The molecule has 0 aliphatic carbocycles. The minimum Gasteiger partial charge on any atom is -0.494 e. The standard InChI is InChI=1S/C27H35Br2NO5/c1-19-25(29)24(23(28)17-30(19)35-26(31)34-27(2,3)4)21-11-13-22(14-12-21)33-16-8-15-32-18-20-9-6-5-7-10-20/h5-7,9-14,19,23-25H,8,15-18H2,1-4H3/t19?,23-,24+,25+/m1/s1. The van der Waals surface area contributed by atoms with Gasteiger partial charge >= 0.3 is 6.16 Å². The van der Waals surface area contributed by atoms with Crippen LogP contribution in [0.25, 0.3) is 0 Å². The minimum absolute atomic E-state index is 0.0341. The maximum absolute atomic E-state index is 12.1. The Hall–Kier alpha value is -1.61. The number of ether oxygens (including phenoxy) is 3. The number of halogens is 2. The molecule has 2 aromatic rings. The van der Waals surface area contributed by atoms with Gasteiger partial charge in [-0.1, -0.05) is 74.3 Å². The molecule has 0 spiro atoms. The van der Waals surface area contributed by atoms with E-state index in [4.69, 9.17) is 19.0 Å². The molecule has 0 saturated carbocycles. The number of carbonyl (C=O) groups is 1. The van der Waals surface area contributed by atoms with Gasteiger partial charge in [0.15, 0.2) is 0 Å². The predicted molar refractivity (Wildman–Crippen MR) is 144 cm³/mol. The number of hydroxylamine groups is 2.